The van der Waals surface area contributed by atoms with Crippen LogP contribution in [0, 0.1) is 22.7 Å². The van der Waals surface area contributed by atoms with Gasteiger partial charge >= 0.3 is 0 Å². The topological polar surface area (TPSA) is 101 Å². The Morgan fingerprint density at radius 1 is 1.00 bits per heavy atom. The SMILES string of the molecule is COCO[C@H]1C(=O)C(=O)[C@@]2(C)[C@H](O)C[C@@H]3O[C@H](c4ccccc4)OC[C@@]3(OCc3ccccc3)[C@H]2/C=C2/CC[C@H]1C2(C)C. The third kappa shape index (κ3) is 5.02. The monoisotopic (exact) mass is 590 g/mol. The second kappa shape index (κ2) is 11.7. The van der Waals surface area contributed by atoms with Gasteiger partial charge in [-0.3, -0.25) is 9.59 Å². The van der Waals surface area contributed by atoms with Crippen molar-refractivity contribution in [2.24, 2.45) is 22.7 Å². The largest absolute Gasteiger partial charge is 0.392 e. The van der Waals surface area contributed by atoms with E-state index in [0.717, 1.165) is 23.1 Å². The molecule has 3 fully saturated rings. The fraction of sp³-hybridized carbons (Fsp3) is 0.543. The number of aliphatic hydroxyl groups is 1. The fourth-order valence-electron chi connectivity index (χ4n) is 7.89. The first-order valence-corrected chi connectivity index (χ1v) is 15.2. The number of Topliss-reactive ketones (excluding diaryl/α,β-unsaturated/α-hetero) is 2. The van der Waals surface area contributed by atoms with E-state index in [4.69, 9.17) is 23.7 Å². The lowest BCUT2D eigenvalue weighted by atomic mass is 9.54. The van der Waals surface area contributed by atoms with E-state index in [-0.39, 0.29) is 32.3 Å². The lowest BCUT2D eigenvalue weighted by Crippen LogP contribution is -2.70. The maximum atomic E-state index is 14.5. The van der Waals surface area contributed by atoms with Gasteiger partial charge in [0.15, 0.2) is 6.29 Å². The Kier molecular flexibility index (Phi) is 8.21. The number of allylic oxidation sites excluding steroid dienone is 1. The van der Waals surface area contributed by atoms with Crippen LogP contribution in [0.5, 0.6) is 0 Å². The zero-order valence-corrected chi connectivity index (χ0v) is 25.4. The normalized spacial score (nSPS) is 38.2. The Morgan fingerprint density at radius 3 is 2.40 bits per heavy atom. The first-order valence-electron chi connectivity index (χ1n) is 15.2. The molecule has 8 heteroatoms. The minimum Gasteiger partial charge on any atom is -0.392 e. The van der Waals surface area contributed by atoms with Crippen LogP contribution < -0.4 is 0 Å². The molecule has 0 amide bonds. The van der Waals surface area contributed by atoms with E-state index >= 15 is 0 Å². The Balaban J connectivity index is 1.48. The molecule has 2 bridgehead atoms. The van der Waals surface area contributed by atoms with Crippen molar-refractivity contribution in [3.63, 3.8) is 0 Å². The quantitative estimate of drug-likeness (QED) is 0.275. The molecular formula is C35H42O8. The van der Waals surface area contributed by atoms with Crippen molar-refractivity contribution in [2.75, 3.05) is 20.5 Å². The standard InChI is InChI=1S/C35H42O8/c1-33(2)24-15-16-25(33)30(41-21-39-4)29(37)31(38)34(3)26(17-24)35(42-19-22-11-7-5-8-12-22)20-40-32(23-13-9-6-10-14-23)43-28(35)18-27(34)36/h5-14,17,25-28,30,32,36H,15-16,18-21H2,1-4H3/b24-17-/t25-,26+,27-,28+,30-,32-,34-,35-/m1/s1. The van der Waals surface area contributed by atoms with Gasteiger partial charge in [0.25, 0.3) is 0 Å². The summed E-state index contributed by atoms with van der Waals surface area (Å²) in [6.45, 7) is 6.18. The zero-order valence-electron chi connectivity index (χ0n) is 25.4. The number of rotatable bonds is 7. The summed E-state index contributed by atoms with van der Waals surface area (Å²) < 4.78 is 31.1. The Morgan fingerprint density at radius 2 is 1.70 bits per heavy atom. The number of ketones is 2. The van der Waals surface area contributed by atoms with Crippen molar-refractivity contribution in [1.29, 1.82) is 0 Å². The highest BCUT2D eigenvalue weighted by atomic mass is 16.7. The first-order chi connectivity index (χ1) is 20.6. The van der Waals surface area contributed by atoms with Crippen LogP contribution in [-0.2, 0) is 39.9 Å². The van der Waals surface area contributed by atoms with Crippen LogP contribution in [0.3, 0.4) is 0 Å². The summed E-state index contributed by atoms with van der Waals surface area (Å²) >= 11 is 0. The van der Waals surface area contributed by atoms with Crippen LogP contribution in [-0.4, -0.2) is 61.1 Å². The molecule has 43 heavy (non-hydrogen) atoms. The number of carbonyl (C=O) groups is 2. The molecule has 4 aliphatic rings. The van der Waals surface area contributed by atoms with Crippen molar-refractivity contribution >= 4 is 11.6 Å². The number of hydrogen-bond donors (Lipinski definition) is 1. The van der Waals surface area contributed by atoms with Crippen LogP contribution in [0.4, 0.5) is 0 Å². The molecule has 1 N–H and O–H groups in total. The van der Waals surface area contributed by atoms with E-state index in [9.17, 15) is 14.7 Å². The average molecular weight is 591 g/mol. The Labute approximate surface area is 253 Å². The molecule has 3 aliphatic carbocycles. The number of methoxy groups -OCH3 is 1. The molecule has 0 radical (unpaired) electrons. The van der Waals surface area contributed by atoms with Gasteiger partial charge in [0, 0.05) is 30.9 Å². The summed E-state index contributed by atoms with van der Waals surface area (Å²) in [5, 5.41) is 11.9. The van der Waals surface area contributed by atoms with Gasteiger partial charge in [-0.05, 0) is 30.7 Å². The highest BCUT2D eigenvalue weighted by molar-refractivity contribution is 6.41. The minimum atomic E-state index is -1.50. The van der Waals surface area contributed by atoms with E-state index in [2.05, 4.69) is 19.9 Å². The lowest BCUT2D eigenvalue weighted by molar-refractivity contribution is -0.344. The molecule has 8 atom stereocenters. The molecule has 0 unspecified atom stereocenters. The highest BCUT2D eigenvalue weighted by Gasteiger charge is 2.68. The van der Waals surface area contributed by atoms with Crippen LogP contribution in [0.15, 0.2) is 72.3 Å². The molecule has 2 aromatic carbocycles. The van der Waals surface area contributed by atoms with E-state index in [0.29, 0.717) is 6.42 Å². The third-order valence-corrected chi connectivity index (χ3v) is 10.6. The number of ether oxygens (including phenoxy) is 5. The van der Waals surface area contributed by atoms with Crippen molar-refractivity contribution in [1.82, 2.24) is 0 Å². The van der Waals surface area contributed by atoms with Crippen LogP contribution in [0.2, 0.25) is 0 Å². The van der Waals surface area contributed by atoms with Gasteiger partial charge in [-0.25, -0.2) is 0 Å². The summed E-state index contributed by atoms with van der Waals surface area (Å²) in [6, 6.07) is 19.5. The summed E-state index contributed by atoms with van der Waals surface area (Å²) in [6.07, 6.45) is 0.247. The minimum absolute atomic E-state index is 0.104. The zero-order chi connectivity index (χ0) is 30.4. The molecular weight excluding hydrogens is 548 g/mol. The van der Waals surface area contributed by atoms with Crippen LogP contribution >= 0.6 is 0 Å². The van der Waals surface area contributed by atoms with E-state index < -0.39 is 58.5 Å². The summed E-state index contributed by atoms with van der Waals surface area (Å²) in [7, 11) is 1.49. The van der Waals surface area contributed by atoms with Crippen LogP contribution in [0.25, 0.3) is 0 Å². The highest BCUT2D eigenvalue weighted by Crippen LogP contribution is 2.59. The molecule has 1 heterocycles. The number of carbonyl (C=O) groups excluding carboxylic acids is 2. The van der Waals surface area contributed by atoms with Gasteiger partial charge in [0.2, 0.25) is 11.6 Å². The van der Waals surface area contributed by atoms with E-state index in [1.807, 2.05) is 60.7 Å². The fourth-order valence-corrected chi connectivity index (χ4v) is 7.89. The van der Waals surface area contributed by atoms with Gasteiger partial charge in [-0.15, -0.1) is 0 Å². The van der Waals surface area contributed by atoms with Gasteiger partial charge in [-0.2, -0.15) is 0 Å². The third-order valence-electron chi connectivity index (χ3n) is 10.6. The van der Waals surface area contributed by atoms with Gasteiger partial charge in [0.05, 0.1) is 30.8 Å². The number of hydrogen-bond acceptors (Lipinski definition) is 8. The van der Waals surface area contributed by atoms with Gasteiger partial charge < -0.3 is 28.8 Å². The molecule has 8 nitrogen and oxygen atoms in total. The number of fused-ring (bicyclic) bond motifs is 5. The average Bonchev–Trinajstić information content (AvgIpc) is 3.32. The van der Waals surface area contributed by atoms with Crippen LogP contribution in [0.1, 0.15) is 57.5 Å². The van der Waals surface area contributed by atoms with Crippen molar-refractivity contribution < 1.29 is 38.4 Å². The Hall–Kier alpha value is -2.72. The Bertz CT molecular complexity index is 1360. The first kappa shape index (κ1) is 30.3. The summed E-state index contributed by atoms with van der Waals surface area (Å²) in [4.78, 5) is 28.6. The van der Waals surface area contributed by atoms with Crippen molar-refractivity contribution in [2.45, 2.75) is 76.8 Å². The number of aliphatic hydroxyl groups excluding tert-OH is 1. The summed E-state index contributed by atoms with van der Waals surface area (Å²) in [5.74, 6) is -2.21. The predicted octanol–water partition coefficient (Wildman–Crippen LogP) is 4.95. The molecule has 0 aromatic heterocycles. The molecule has 1 saturated heterocycles. The molecule has 6 rings (SSSR count). The molecule has 230 valence electrons. The maximum Gasteiger partial charge on any atom is 0.228 e. The predicted molar refractivity (Wildman–Crippen MR) is 158 cm³/mol. The second-order valence-corrected chi connectivity index (χ2v) is 13.2. The lowest BCUT2D eigenvalue weighted by Gasteiger charge is -2.59. The van der Waals surface area contributed by atoms with E-state index in [1.165, 1.54) is 7.11 Å². The summed E-state index contributed by atoms with van der Waals surface area (Å²) in [5.41, 5.74) is -0.165. The molecule has 0 spiro atoms. The van der Waals surface area contributed by atoms with Gasteiger partial charge in [-0.1, -0.05) is 86.2 Å². The maximum absolute atomic E-state index is 14.5. The smallest absolute Gasteiger partial charge is 0.228 e. The van der Waals surface area contributed by atoms with Crippen molar-refractivity contribution in [3.05, 3.63) is 83.4 Å². The molecule has 1 aliphatic heterocycles. The van der Waals surface area contributed by atoms with Crippen molar-refractivity contribution in [3.8, 4) is 0 Å². The van der Waals surface area contributed by atoms with E-state index in [1.54, 1.807) is 6.92 Å². The van der Waals surface area contributed by atoms with Gasteiger partial charge in [0.1, 0.15) is 18.5 Å². The second-order valence-electron chi connectivity index (χ2n) is 13.2. The molecule has 2 saturated carbocycles. The number of benzene rings is 2. The molecule has 2 aromatic rings.